The third-order valence-electron chi connectivity index (χ3n) is 4.64. The summed E-state index contributed by atoms with van der Waals surface area (Å²) in [4.78, 5) is 29.4. The second-order valence-corrected chi connectivity index (χ2v) is 7.04. The number of pyridine rings is 1. The van der Waals surface area contributed by atoms with Crippen LogP contribution in [0, 0.1) is 0 Å². The van der Waals surface area contributed by atoms with Crippen LogP contribution in [0.15, 0.2) is 42.6 Å². The summed E-state index contributed by atoms with van der Waals surface area (Å²) in [6.45, 7) is 3.44. The highest BCUT2D eigenvalue weighted by molar-refractivity contribution is 5.90. The van der Waals surface area contributed by atoms with Gasteiger partial charge in [0, 0.05) is 39.3 Å². The highest BCUT2D eigenvalue weighted by Crippen LogP contribution is 2.20. The molecule has 0 saturated heterocycles. The van der Waals surface area contributed by atoms with E-state index in [1.807, 2.05) is 12.1 Å². The normalized spacial score (nSPS) is 14.6. The van der Waals surface area contributed by atoms with Crippen molar-refractivity contribution in [3.63, 3.8) is 0 Å². The average Bonchev–Trinajstić information content (AvgIpc) is 2.71. The molecule has 3 rings (SSSR count). The number of carbonyl (C=O) groups is 2. The predicted molar refractivity (Wildman–Crippen MR) is 108 cm³/mol. The molecule has 29 heavy (non-hydrogen) atoms. The van der Waals surface area contributed by atoms with E-state index < -0.39 is 6.10 Å². The van der Waals surface area contributed by atoms with Crippen LogP contribution in [0.25, 0.3) is 0 Å². The molecule has 2 heterocycles. The molecule has 0 radical (unpaired) electrons. The van der Waals surface area contributed by atoms with Gasteiger partial charge in [0.2, 0.25) is 11.8 Å². The molecule has 0 aliphatic carbocycles. The summed E-state index contributed by atoms with van der Waals surface area (Å²) in [6, 6.07) is 11.6. The van der Waals surface area contributed by atoms with Crippen LogP contribution >= 0.6 is 0 Å². The number of fused-ring (bicyclic) bond motifs is 1. The maximum Gasteiger partial charge on any atom is 0.258 e. The monoisotopic (exact) mass is 398 g/mol. The molecule has 2 amide bonds. The van der Waals surface area contributed by atoms with Crippen molar-refractivity contribution in [1.29, 1.82) is 0 Å². The van der Waals surface area contributed by atoms with Gasteiger partial charge in [-0.15, -0.1) is 0 Å². The van der Waals surface area contributed by atoms with Gasteiger partial charge in [0.1, 0.15) is 5.69 Å². The summed E-state index contributed by atoms with van der Waals surface area (Å²) in [5.74, 6) is -0.450. The minimum Gasteiger partial charge on any atom is -0.466 e. The second-order valence-electron chi connectivity index (χ2n) is 7.04. The van der Waals surface area contributed by atoms with E-state index in [1.165, 1.54) is 24.2 Å². The number of anilines is 1. The van der Waals surface area contributed by atoms with Crippen molar-refractivity contribution < 1.29 is 19.4 Å². The second kappa shape index (κ2) is 9.99. The van der Waals surface area contributed by atoms with E-state index in [9.17, 15) is 14.7 Å². The molecule has 3 N–H and O–H groups in total. The minimum atomic E-state index is -0.672. The van der Waals surface area contributed by atoms with Crippen LogP contribution in [0.2, 0.25) is 0 Å². The highest BCUT2D eigenvalue weighted by Gasteiger charge is 2.19. The molecule has 0 spiro atoms. The molecule has 1 aromatic heterocycles. The summed E-state index contributed by atoms with van der Waals surface area (Å²) in [7, 11) is 0. The van der Waals surface area contributed by atoms with Crippen LogP contribution in [0.3, 0.4) is 0 Å². The van der Waals surface area contributed by atoms with Crippen LogP contribution in [0.5, 0.6) is 5.88 Å². The smallest absolute Gasteiger partial charge is 0.258 e. The van der Waals surface area contributed by atoms with Gasteiger partial charge >= 0.3 is 0 Å². The van der Waals surface area contributed by atoms with Gasteiger partial charge in [-0.05, 0) is 29.7 Å². The van der Waals surface area contributed by atoms with Gasteiger partial charge in [0.05, 0.1) is 6.10 Å². The number of rotatable bonds is 8. The van der Waals surface area contributed by atoms with Crippen LogP contribution in [0.1, 0.15) is 18.1 Å². The van der Waals surface area contributed by atoms with Crippen LogP contribution < -0.4 is 15.4 Å². The van der Waals surface area contributed by atoms with E-state index in [-0.39, 0.29) is 30.8 Å². The molecule has 8 nitrogen and oxygen atoms in total. The van der Waals surface area contributed by atoms with E-state index in [1.54, 1.807) is 12.1 Å². The molecule has 0 fully saturated rings. The topological polar surface area (TPSA) is 104 Å². The number of hydrogen-bond donors (Lipinski definition) is 3. The maximum absolute atomic E-state index is 12.0. The molecule has 1 aliphatic rings. The summed E-state index contributed by atoms with van der Waals surface area (Å²) < 4.78 is 5.39. The van der Waals surface area contributed by atoms with Gasteiger partial charge in [-0.1, -0.05) is 24.3 Å². The van der Waals surface area contributed by atoms with E-state index in [2.05, 4.69) is 32.7 Å². The largest absolute Gasteiger partial charge is 0.466 e. The molecule has 1 atom stereocenters. The summed E-state index contributed by atoms with van der Waals surface area (Å²) in [6.07, 6.45) is 1.80. The van der Waals surface area contributed by atoms with Gasteiger partial charge < -0.3 is 20.5 Å². The van der Waals surface area contributed by atoms with Crippen molar-refractivity contribution >= 4 is 17.5 Å². The fourth-order valence-electron chi connectivity index (χ4n) is 3.28. The number of nitrogens with zero attached hydrogens (tertiary/aromatic N) is 2. The standard InChI is InChI=1S/C21H26N4O4/c1-15(26)24-19-7-4-9-22-21(19)29-14-20(28)23-11-18(27)13-25-10-8-16-5-2-3-6-17(16)12-25/h2-7,9,18,27H,8,10-14H2,1H3,(H,23,28)(H,24,26). The number of β-amino-alcohol motifs (C(OH)–C–C–N with tert-alkyl or cyclic N) is 1. The van der Waals surface area contributed by atoms with Crippen LogP contribution in [0.4, 0.5) is 5.69 Å². The Labute approximate surface area is 169 Å². The number of benzene rings is 1. The Morgan fingerprint density at radius 2 is 2.03 bits per heavy atom. The quantitative estimate of drug-likeness (QED) is 0.612. The Hall–Kier alpha value is -2.97. The van der Waals surface area contributed by atoms with Gasteiger partial charge in [0.15, 0.2) is 6.61 Å². The van der Waals surface area contributed by atoms with Crippen molar-refractivity contribution in [1.82, 2.24) is 15.2 Å². The molecular formula is C21H26N4O4. The molecule has 2 aromatic rings. The maximum atomic E-state index is 12.0. The molecule has 1 aromatic carbocycles. The zero-order chi connectivity index (χ0) is 20.6. The van der Waals surface area contributed by atoms with Crippen molar-refractivity contribution in [3.05, 3.63) is 53.7 Å². The molecule has 8 heteroatoms. The number of aromatic nitrogens is 1. The van der Waals surface area contributed by atoms with Gasteiger partial charge in [-0.3, -0.25) is 14.5 Å². The SMILES string of the molecule is CC(=O)Nc1cccnc1OCC(=O)NCC(O)CN1CCc2ccccc2C1. The third-order valence-corrected chi connectivity index (χ3v) is 4.64. The lowest BCUT2D eigenvalue weighted by molar-refractivity contribution is -0.123. The lowest BCUT2D eigenvalue weighted by Crippen LogP contribution is -2.42. The first-order valence-electron chi connectivity index (χ1n) is 9.60. The first-order chi connectivity index (χ1) is 14.0. The van der Waals surface area contributed by atoms with Crippen molar-refractivity contribution in [2.24, 2.45) is 0 Å². The summed E-state index contributed by atoms with van der Waals surface area (Å²) >= 11 is 0. The molecule has 0 bridgehead atoms. The Kier molecular flexibility index (Phi) is 7.15. The van der Waals surface area contributed by atoms with E-state index in [0.717, 1.165) is 19.5 Å². The summed E-state index contributed by atoms with van der Waals surface area (Å²) in [5, 5.41) is 15.5. The first-order valence-corrected chi connectivity index (χ1v) is 9.60. The highest BCUT2D eigenvalue weighted by atomic mass is 16.5. The van der Waals surface area contributed by atoms with E-state index >= 15 is 0 Å². The van der Waals surface area contributed by atoms with Crippen molar-refractivity contribution in [3.8, 4) is 5.88 Å². The van der Waals surface area contributed by atoms with Crippen LogP contribution in [-0.4, -0.2) is 59.1 Å². The Morgan fingerprint density at radius 1 is 1.24 bits per heavy atom. The fraction of sp³-hybridized carbons (Fsp3) is 0.381. The first kappa shape index (κ1) is 20.8. The molecule has 1 aliphatic heterocycles. The zero-order valence-electron chi connectivity index (χ0n) is 16.4. The number of aliphatic hydroxyl groups excluding tert-OH is 1. The molecule has 154 valence electrons. The van der Waals surface area contributed by atoms with Gasteiger partial charge in [-0.25, -0.2) is 4.98 Å². The number of carbonyl (C=O) groups excluding carboxylic acids is 2. The fourth-order valence-corrected chi connectivity index (χ4v) is 3.28. The van der Waals surface area contributed by atoms with Gasteiger partial charge in [-0.2, -0.15) is 0 Å². The van der Waals surface area contributed by atoms with Crippen molar-refractivity contribution in [2.45, 2.75) is 26.0 Å². The number of nitrogens with one attached hydrogen (secondary N) is 2. The number of aliphatic hydroxyl groups is 1. The number of hydrogen-bond acceptors (Lipinski definition) is 6. The predicted octanol–water partition coefficient (Wildman–Crippen LogP) is 0.954. The Balaban J connectivity index is 1.40. The average molecular weight is 398 g/mol. The third kappa shape index (κ3) is 6.27. The zero-order valence-corrected chi connectivity index (χ0v) is 16.4. The Bertz CT molecular complexity index is 858. The molecular weight excluding hydrogens is 372 g/mol. The minimum absolute atomic E-state index is 0.140. The molecule has 1 unspecified atom stereocenters. The van der Waals surface area contributed by atoms with Crippen LogP contribution in [-0.2, 0) is 22.6 Å². The summed E-state index contributed by atoms with van der Waals surface area (Å²) in [5.41, 5.74) is 3.05. The van der Waals surface area contributed by atoms with Crippen molar-refractivity contribution in [2.75, 3.05) is 31.6 Å². The van der Waals surface area contributed by atoms with Gasteiger partial charge in [0.25, 0.3) is 5.91 Å². The molecule has 0 saturated carbocycles. The Morgan fingerprint density at radius 3 is 2.83 bits per heavy atom. The van der Waals surface area contributed by atoms with E-state index in [0.29, 0.717) is 12.2 Å². The van der Waals surface area contributed by atoms with E-state index in [4.69, 9.17) is 4.74 Å². The lowest BCUT2D eigenvalue weighted by Gasteiger charge is -2.30. The number of ether oxygens (including phenoxy) is 1. The lowest BCUT2D eigenvalue weighted by atomic mass is 10.00. The number of amides is 2.